The first-order valence-electron chi connectivity index (χ1n) is 7.51. The van der Waals surface area contributed by atoms with Crippen molar-refractivity contribution in [2.75, 3.05) is 33.8 Å². The van der Waals surface area contributed by atoms with Crippen molar-refractivity contribution in [2.24, 2.45) is 0 Å². The SMILES string of the molecule is CN(C)CC(O)CNC(=O)COc1ccc(C(C)(C)C)cc1. The molecule has 2 N–H and O–H groups in total. The Morgan fingerprint density at radius 2 is 1.86 bits per heavy atom. The monoisotopic (exact) mass is 308 g/mol. The molecule has 0 heterocycles. The number of ether oxygens (including phenoxy) is 1. The van der Waals surface area contributed by atoms with E-state index in [0.717, 1.165) is 0 Å². The molecule has 1 unspecified atom stereocenters. The summed E-state index contributed by atoms with van der Waals surface area (Å²) in [6.45, 7) is 7.13. The van der Waals surface area contributed by atoms with E-state index in [0.29, 0.717) is 12.3 Å². The van der Waals surface area contributed by atoms with Gasteiger partial charge >= 0.3 is 0 Å². The number of nitrogens with zero attached hydrogens (tertiary/aromatic N) is 1. The maximum Gasteiger partial charge on any atom is 0.258 e. The van der Waals surface area contributed by atoms with Crippen molar-refractivity contribution >= 4 is 5.91 Å². The fourth-order valence-electron chi connectivity index (χ4n) is 1.97. The molecule has 1 amide bonds. The van der Waals surface area contributed by atoms with Gasteiger partial charge in [0.05, 0.1) is 6.10 Å². The lowest BCUT2D eigenvalue weighted by atomic mass is 9.87. The Bertz CT molecular complexity index is 464. The van der Waals surface area contributed by atoms with Crippen molar-refractivity contribution in [3.8, 4) is 5.75 Å². The molecule has 5 heteroatoms. The van der Waals surface area contributed by atoms with E-state index in [1.807, 2.05) is 43.3 Å². The fourth-order valence-corrected chi connectivity index (χ4v) is 1.97. The lowest BCUT2D eigenvalue weighted by Crippen LogP contribution is -2.39. The van der Waals surface area contributed by atoms with E-state index in [1.54, 1.807) is 0 Å². The third kappa shape index (κ3) is 6.91. The molecule has 124 valence electrons. The van der Waals surface area contributed by atoms with Gasteiger partial charge in [-0.05, 0) is 37.2 Å². The number of rotatable bonds is 7. The zero-order chi connectivity index (χ0) is 16.8. The summed E-state index contributed by atoms with van der Waals surface area (Å²) in [6.07, 6.45) is -0.579. The van der Waals surface area contributed by atoms with Gasteiger partial charge in [0, 0.05) is 13.1 Å². The van der Waals surface area contributed by atoms with Crippen molar-refractivity contribution in [2.45, 2.75) is 32.3 Å². The van der Waals surface area contributed by atoms with E-state index in [1.165, 1.54) is 5.56 Å². The first-order valence-corrected chi connectivity index (χ1v) is 7.51. The first kappa shape index (κ1) is 18.5. The Morgan fingerprint density at radius 1 is 1.27 bits per heavy atom. The number of aliphatic hydroxyl groups is 1. The highest BCUT2D eigenvalue weighted by Crippen LogP contribution is 2.24. The highest BCUT2D eigenvalue weighted by atomic mass is 16.5. The minimum atomic E-state index is -0.579. The van der Waals surface area contributed by atoms with Gasteiger partial charge in [-0.3, -0.25) is 4.79 Å². The standard InChI is InChI=1S/C17H28N2O3/c1-17(2,3)13-6-8-15(9-7-13)22-12-16(21)18-10-14(20)11-19(4)5/h6-9,14,20H,10-12H2,1-5H3,(H,18,21). The number of benzene rings is 1. The minimum absolute atomic E-state index is 0.0520. The van der Waals surface area contributed by atoms with Gasteiger partial charge in [-0.2, -0.15) is 0 Å². The topological polar surface area (TPSA) is 61.8 Å². The van der Waals surface area contributed by atoms with E-state index < -0.39 is 6.10 Å². The van der Waals surface area contributed by atoms with Gasteiger partial charge in [0.15, 0.2) is 6.61 Å². The molecule has 0 aliphatic carbocycles. The molecular formula is C17H28N2O3. The average Bonchev–Trinajstić information content (AvgIpc) is 2.41. The van der Waals surface area contributed by atoms with E-state index in [-0.39, 0.29) is 24.5 Å². The Morgan fingerprint density at radius 3 is 2.36 bits per heavy atom. The molecule has 22 heavy (non-hydrogen) atoms. The summed E-state index contributed by atoms with van der Waals surface area (Å²) in [5.41, 5.74) is 1.31. The molecule has 0 aliphatic rings. The first-order chi connectivity index (χ1) is 10.2. The number of hydrogen-bond donors (Lipinski definition) is 2. The number of carbonyl (C=O) groups is 1. The van der Waals surface area contributed by atoms with Crippen LogP contribution in [-0.4, -0.2) is 55.8 Å². The molecule has 1 aromatic rings. The van der Waals surface area contributed by atoms with Crippen LogP contribution in [-0.2, 0) is 10.2 Å². The van der Waals surface area contributed by atoms with Gasteiger partial charge < -0.3 is 20.1 Å². The highest BCUT2D eigenvalue weighted by Gasteiger charge is 2.13. The number of aliphatic hydroxyl groups excluding tert-OH is 1. The second-order valence-corrected chi connectivity index (χ2v) is 6.78. The minimum Gasteiger partial charge on any atom is -0.484 e. The molecule has 0 bridgehead atoms. The Labute approximate surface area is 133 Å². The number of nitrogens with one attached hydrogen (secondary N) is 1. The van der Waals surface area contributed by atoms with Gasteiger partial charge in [0.2, 0.25) is 0 Å². The second kappa shape index (κ2) is 8.15. The Hall–Kier alpha value is -1.59. The molecule has 0 saturated carbocycles. The molecule has 1 aromatic carbocycles. The van der Waals surface area contributed by atoms with Crippen molar-refractivity contribution in [1.82, 2.24) is 10.2 Å². The molecule has 5 nitrogen and oxygen atoms in total. The smallest absolute Gasteiger partial charge is 0.258 e. The molecule has 0 radical (unpaired) electrons. The lowest BCUT2D eigenvalue weighted by molar-refractivity contribution is -0.123. The van der Waals surface area contributed by atoms with Gasteiger partial charge in [0.25, 0.3) is 5.91 Å². The average molecular weight is 308 g/mol. The van der Waals surface area contributed by atoms with Gasteiger partial charge in [-0.1, -0.05) is 32.9 Å². The van der Waals surface area contributed by atoms with Gasteiger partial charge in [0.1, 0.15) is 5.75 Å². The summed E-state index contributed by atoms with van der Waals surface area (Å²) in [7, 11) is 3.74. The van der Waals surface area contributed by atoms with E-state index >= 15 is 0 Å². The third-order valence-corrected chi connectivity index (χ3v) is 3.20. The van der Waals surface area contributed by atoms with E-state index in [2.05, 4.69) is 26.1 Å². The van der Waals surface area contributed by atoms with Crippen LogP contribution in [0.25, 0.3) is 0 Å². The fraction of sp³-hybridized carbons (Fsp3) is 0.588. The Kier molecular flexibility index (Phi) is 6.84. The Balaban J connectivity index is 2.35. The van der Waals surface area contributed by atoms with Crippen LogP contribution >= 0.6 is 0 Å². The molecule has 1 rings (SSSR count). The van der Waals surface area contributed by atoms with Crippen LogP contribution < -0.4 is 10.1 Å². The normalized spacial score (nSPS) is 13.0. The quantitative estimate of drug-likeness (QED) is 0.799. The zero-order valence-electron chi connectivity index (χ0n) is 14.2. The van der Waals surface area contributed by atoms with Crippen LogP contribution in [0.4, 0.5) is 0 Å². The summed E-state index contributed by atoms with van der Waals surface area (Å²) in [6, 6.07) is 7.76. The zero-order valence-corrected chi connectivity index (χ0v) is 14.2. The predicted molar refractivity (Wildman–Crippen MR) is 88.2 cm³/mol. The molecule has 0 spiro atoms. The molecule has 0 aliphatic heterocycles. The van der Waals surface area contributed by atoms with Crippen molar-refractivity contribution in [3.63, 3.8) is 0 Å². The van der Waals surface area contributed by atoms with Crippen LogP contribution in [0.1, 0.15) is 26.3 Å². The van der Waals surface area contributed by atoms with Crippen molar-refractivity contribution in [1.29, 1.82) is 0 Å². The summed E-state index contributed by atoms with van der Waals surface area (Å²) in [5, 5.41) is 12.3. The maximum absolute atomic E-state index is 11.7. The second-order valence-electron chi connectivity index (χ2n) is 6.78. The predicted octanol–water partition coefficient (Wildman–Crippen LogP) is 1.40. The number of amides is 1. The van der Waals surface area contributed by atoms with Crippen LogP contribution in [0.2, 0.25) is 0 Å². The van der Waals surface area contributed by atoms with Crippen LogP contribution in [0, 0.1) is 0 Å². The number of carbonyl (C=O) groups excluding carboxylic acids is 1. The third-order valence-electron chi connectivity index (χ3n) is 3.20. The molecule has 0 aromatic heterocycles. The molecular weight excluding hydrogens is 280 g/mol. The van der Waals surface area contributed by atoms with Gasteiger partial charge in [-0.15, -0.1) is 0 Å². The summed E-state index contributed by atoms with van der Waals surface area (Å²) in [5.74, 6) is 0.426. The van der Waals surface area contributed by atoms with E-state index in [4.69, 9.17) is 4.74 Å². The lowest BCUT2D eigenvalue weighted by Gasteiger charge is -2.19. The summed E-state index contributed by atoms with van der Waals surface area (Å²) < 4.78 is 5.44. The van der Waals surface area contributed by atoms with Crippen LogP contribution in [0.5, 0.6) is 5.75 Å². The number of hydrogen-bond acceptors (Lipinski definition) is 4. The van der Waals surface area contributed by atoms with E-state index in [9.17, 15) is 9.90 Å². The molecule has 1 atom stereocenters. The molecule has 0 saturated heterocycles. The van der Waals surface area contributed by atoms with Crippen LogP contribution in [0.15, 0.2) is 24.3 Å². The van der Waals surface area contributed by atoms with Gasteiger partial charge in [-0.25, -0.2) is 0 Å². The molecule has 0 fully saturated rings. The maximum atomic E-state index is 11.7. The summed E-state index contributed by atoms with van der Waals surface area (Å²) in [4.78, 5) is 13.5. The largest absolute Gasteiger partial charge is 0.484 e. The van der Waals surface area contributed by atoms with Crippen molar-refractivity contribution < 1.29 is 14.6 Å². The van der Waals surface area contributed by atoms with Crippen molar-refractivity contribution in [3.05, 3.63) is 29.8 Å². The summed E-state index contributed by atoms with van der Waals surface area (Å²) >= 11 is 0. The van der Waals surface area contributed by atoms with Crippen LogP contribution in [0.3, 0.4) is 0 Å². The number of likely N-dealkylation sites (N-methyl/N-ethyl adjacent to an activating group) is 1. The highest BCUT2D eigenvalue weighted by molar-refractivity contribution is 5.77.